The zero-order valence-electron chi connectivity index (χ0n) is 18.2. The molecule has 1 aliphatic heterocycles. The maximum Gasteiger partial charge on any atom is 0.191 e. The molecule has 8 heteroatoms. The Bertz CT molecular complexity index is 621. The van der Waals surface area contributed by atoms with Crippen molar-refractivity contribution in [2.45, 2.75) is 19.4 Å². The Labute approximate surface area is 174 Å². The van der Waals surface area contributed by atoms with E-state index in [4.69, 9.17) is 23.9 Å². The van der Waals surface area contributed by atoms with Crippen molar-refractivity contribution in [1.29, 1.82) is 0 Å². The number of hydrogen-bond donors (Lipinski definition) is 2. The molecule has 0 saturated carbocycles. The van der Waals surface area contributed by atoms with Crippen molar-refractivity contribution in [3.63, 3.8) is 0 Å². The summed E-state index contributed by atoms with van der Waals surface area (Å²) in [6.45, 7) is 8.31. The first-order chi connectivity index (χ1) is 14.2. The summed E-state index contributed by atoms with van der Waals surface area (Å²) >= 11 is 0. The lowest BCUT2D eigenvalue weighted by Crippen LogP contribution is -2.42. The Hall–Kier alpha value is -2.03. The molecular formula is C21H36N4O4. The average molecular weight is 409 g/mol. The van der Waals surface area contributed by atoms with E-state index < -0.39 is 0 Å². The van der Waals surface area contributed by atoms with Gasteiger partial charge < -0.3 is 29.6 Å². The average Bonchev–Trinajstić information content (AvgIpc) is 2.77. The van der Waals surface area contributed by atoms with Crippen molar-refractivity contribution in [2.75, 3.05) is 73.9 Å². The number of aliphatic imine (C=N–C) groups is 1. The molecule has 164 valence electrons. The molecule has 0 aromatic heterocycles. The Kier molecular flexibility index (Phi) is 10.6. The van der Waals surface area contributed by atoms with Gasteiger partial charge in [0.2, 0.25) is 0 Å². The molecule has 0 bridgehead atoms. The van der Waals surface area contributed by atoms with E-state index in [0.717, 1.165) is 75.4 Å². The van der Waals surface area contributed by atoms with Crippen LogP contribution >= 0.6 is 0 Å². The molecule has 2 N–H and O–H groups in total. The molecule has 0 aliphatic carbocycles. The summed E-state index contributed by atoms with van der Waals surface area (Å²) < 4.78 is 21.6. The number of guanidine groups is 1. The van der Waals surface area contributed by atoms with Gasteiger partial charge in [-0.05, 0) is 31.0 Å². The second kappa shape index (κ2) is 13.2. The molecule has 1 aromatic carbocycles. The molecule has 8 nitrogen and oxygen atoms in total. The van der Waals surface area contributed by atoms with Gasteiger partial charge in [-0.2, -0.15) is 0 Å². The van der Waals surface area contributed by atoms with Crippen LogP contribution in [-0.2, 0) is 9.47 Å². The van der Waals surface area contributed by atoms with Crippen LogP contribution in [0.3, 0.4) is 0 Å². The minimum Gasteiger partial charge on any atom is -0.493 e. The number of rotatable bonds is 11. The Morgan fingerprint density at radius 2 is 1.90 bits per heavy atom. The first-order valence-electron chi connectivity index (χ1n) is 10.3. The summed E-state index contributed by atoms with van der Waals surface area (Å²) in [5.41, 5.74) is 1.16. The topological polar surface area (TPSA) is 76.6 Å². The Balaban J connectivity index is 2.18. The van der Waals surface area contributed by atoms with Gasteiger partial charge in [-0.3, -0.25) is 9.89 Å². The summed E-state index contributed by atoms with van der Waals surface area (Å²) in [5.74, 6) is 2.29. The third kappa shape index (κ3) is 7.38. The summed E-state index contributed by atoms with van der Waals surface area (Å²) in [6.07, 6.45) is 0.934. The van der Waals surface area contributed by atoms with Gasteiger partial charge in [-0.15, -0.1) is 0 Å². The maximum atomic E-state index is 5.55. The van der Waals surface area contributed by atoms with Gasteiger partial charge in [0.15, 0.2) is 17.5 Å². The molecular weight excluding hydrogens is 372 g/mol. The fraction of sp³-hybridized carbons (Fsp3) is 0.667. The van der Waals surface area contributed by atoms with Crippen LogP contribution in [-0.4, -0.2) is 84.7 Å². The number of hydrogen-bond acceptors (Lipinski definition) is 6. The molecule has 1 unspecified atom stereocenters. The number of benzene rings is 1. The fourth-order valence-electron chi connectivity index (χ4n) is 3.32. The first kappa shape index (κ1) is 23.3. The van der Waals surface area contributed by atoms with Crippen molar-refractivity contribution in [2.24, 2.45) is 4.99 Å². The van der Waals surface area contributed by atoms with Crippen molar-refractivity contribution < 1.29 is 18.9 Å². The number of ether oxygens (including phenoxy) is 4. The van der Waals surface area contributed by atoms with Gasteiger partial charge in [-0.1, -0.05) is 6.07 Å². The third-order valence-electron chi connectivity index (χ3n) is 4.86. The second-order valence-electron chi connectivity index (χ2n) is 6.77. The molecule has 1 atom stereocenters. The quantitative estimate of drug-likeness (QED) is 0.328. The van der Waals surface area contributed by atoms with Gasteiger partial charge >= 0.3 is 0 Å². The van der Waals surface area contributed by atoms with Crippen LogP contribution in [0.1, 0.15) is 24.9 Å². The summed E-state index contributed by atoms with van der Waals surface area (Å²) in [4.78, 5) is 7.28. The lowest BCUT2D eigenvalue weighted by atomic mass is 10.0. The van der Waals surface area contributed by atoms with Crippen LogP contribution < -0.4 is 20.1 Å². The normalized spacial score (nSPS) is 16.3. The van der Waals surface area contributed by atoms with Crippen LogP contribution in [0.5, 0.6) is 11.5 Å². The highest BCUT2D eigenvalue weighted by Crippen LogP contribution is 2.32. The largest absolute Gasteiger partial charge is 0.493 e. The second-order valence-corrected chi connectivity index (χ2v) is 6.77. The van der Waals surface area contributed by atoms with Gasteiger partial charge in [0.1, 0.15) is 0 Å². The molecule has 0 amide bonds. The van der Waals surface area contributed by atoms with E-state index in [0.29, 0.717) is 6.54 Å². The van der Waals surface area contributed by atoms with E-state index >= 15 is 0 Å². The number of nitrogens with zero attached hydrogens (tertiary/aromatic N) is 2. The lowest BCUT2D eigenvalue weighted by molar-refractivity contribution is 0.0179. The van der Waals surface area contributed by atoms with Gasteiger partial charge in [0.25, 0.3) is 0 Å². The predicted molar refractivity (Wildman–Crippen MR) is 115 cm³/mol. The summed E-state index contributed by atoms with van der Waals surface area (Å²) in [6, 6.07) is 6.23. The monoisotopic (exact) mass is 408 g/mol. The van der Waals surface area contributed by atoms with E-state index in [-0.39, 0.29) is 6.04 Å². The zero-order chi connectivity index (χ0) is 20.9. The van der Waals surface area contributed by atoms with E-state index in [2.05, 4.69) is 28.5 Å². The van der Waals surface area contributed by atoms with Crippen molar-refractivity contribution >= 4 is 5.96 Å². The van der Waals surface area contributed by atoms with Crippen LogP contribution in [0, 0.1) is 0 Å². The number of methoxy groups -OCH3 is 3. The van der Waals surface area contributed by atoms with Crippen LogP contribution in [0.4, 0.5) is 0 Å². The highest BCUT2D eigenvalue weighted by molar-refractivity contribution is 5.79. The van der Waals surface area contributed by atoms with Gasteiger partial charge in [-0.25, -0.2) is 0 Å². The van der Waals surface area contributed by atoms with Crippen molar-refractivity contribution in [3.05, 3.63) is 23.8 Å². The summed E-state index contributed by atoms with van der Waals surface area (Å²) in [5, 5.41) is 6.70. The zero-order valence-corrected chi connectivity index (χ0v) is 18.2. The van der Waals surface area contributed by atoms with E-state index in [9.17, 15) is 0 Å². The smallest absolute Gasteiger partial charge is 0.191 e. The number of nitrogens with one attached hydrogen (secondary N) is 2. The van der Waals surface area contributed by atoms with E-state index in [1.807, 2.05) is 12.1 Å². The molecule has 1 fully saturated rings. The predicted octanol–water partition coefficient (Wildman–Crippen LogP) is 1.67. The standard InChI is InChI=1S/C21H36N4O4/c1-5-22-21(23-9-6-12-26-2)24-16-18(25-10-13-29-14-11-25)17-7-8-19(27-3)20(15-17)28-4/h7-8,15,18H,5-6,9-14,16H2,1-4H3,(H2,22,23,24). The highest BCUT2D eigenvalue weighted by Gasteiger charge is 2.24. The minimum atomic E-state index is 0.133. The van der Waals surface area contributed by atoms with Crippen molar-refractivity contribution in [1.82, 2.24) is 15.5 Å². The molecule has 0 radical (unpaired) electrons. The van der Waals surface area contributed by atoms with E-state index in [1.165, 1.54) is 0 Å². The molecule has 1 aliphatic rings. The SMILES string of the molecule is CCNC(=NCC(c1ccc(OC)c(OC)c1)N1CCOCC1)NCCCOC. The molecule has 1 aromatic rings. The molecule has 29 heavy (non-hydrogen) atoms. The molecule has 2 rings (SSSR count). The van der Waals surface area contributed by atoms with Gasteiger partial charge in [0, 0.05) is 39.9 Å². The molecule has 0 spiro atoms. The maximum absolute atomic E-state index is 5.55. The van der Waals surface area contributed by atoms with E-state index in [1.54, 1.807) is 21.3 Å². The van der Waals surface area contributed by atoms with Crippen molar-refractivity contribution in [3.8, 4) is 11.5 Å². The third-order valence-corrected chi connectivity index (χ3v) is 4.86. The lowest BCUT2D eigenvalue weighted by Gasteiger charge is -2.34. The molecule has 1 saturated heterocycles. The Morgan fingerprint density at radius 1 is 1.14 bits per heavy atom. The first-order valence-corrected chi connectivity index (χ1v) is 10.3. The molecule has 1 heterocycles. The summed E-state index contributed by atoms with van der Waals surface area (Å²) in [7, 11) is 5.03. The van der Waals surface area contributed by atoms with Crippen LogP contribution in [0.25, 0.3) is 0 Å². The van der Waals surface area contributed by atoms with Crippen LogP contribution in [0.2, 0.25) is 0 Å². The van der Waals surface area contributed by atoms with Gasteiger partial charge in [0.05, 0.1) is 40.0 Å². The number of morpholine rings is 1. The minimum absolute atomic E-state index is 0.133. The van der Waals surface area contributed by atoms with Crippen LogP contribution in [0.15, 0.2) is 23.2 Å². The highest BCUT2D eigenvalue weighted by atomic mass is 16.5. The Morgan fingerprint density at radius 3 is 2.55 bits per heavy atom. The fourth-order valence-corrected chi connectivity index (χ4v) is 3.32.